The zero-order valence-corrected chi connectivity index (χ0v) is 12.5. The van der Waals surface area contributed by atoms with Crippen LogP contribution in [-0.4, -0.2) is 4.57 Å². The number of benzene rings is 2. The van der Waals surface area contributed by atoms with Crippen molar-refractivity contribution >= 4 is 0 Å². The van der Waals surface area contributed by atoms with Crippen molar-refractivity contribution in [1.29, 1.82) is 0 Å². The van der Waals surface area contributed by atoms with E-state index in [1.807, 2.05) is 0 Å². The predicted molar refractivity (Wildman–Crippen MR) is 90.2 cm³/mol. The summed E-state index contributed by atoms with van der Waals surface area (Å²) >= 11 is 0. The van der Waals surface area contributed by atoms with Crippen LogP contribution in [0.15, 0.2) is 72.9 Å². The van der Waals surface area contributed by atoms with E-state index in [2.05, 4.69) is 84.4 Å². The van der Waals surface area contributed by atoms with E-state index in [0.29, 0.717) is 0 Å². The van der Waals surface area contributed by atoms with Gasteiger partial charge in [-0.25, -0.2) is 0 Å². The molecular formula is C20H21N. The van der Waals surface area contributed by atoms with Crippen LogP contribution in [0.5, 0.6) is 0 Å². The first kappa shape index (κ1) is 13.7. The average molecular weight is 275 g/mol. The van der Waals surface area contributed by atoms with Crippen molar-refractivity contribution in [2.45, 2.75) is 26.3 Å². The lowest BCUT2D eigenvalue weighted by molar-refractivity contribution is 0.640. The van der Waals surface area contributed by atoms with Gasteiger partial charge in [0.2, 0.25) is 0 Å². The standard InChI is InChI=1S/C20H21N/c1-2-3-14-21-16-19(17-10-6-4-7-11-17)15-20(21)18-12-8-5-9-13-18/h4-13,15-16H,2-3,14H2,1H3. The molecule has 0 aliphatic rings. The molecule has 1 heterocycles. The third-order valence-electron chi connectivity index (χ3n) is 3.83. The van der Waals surface area contributed by atoms with Gasteiger partial charge in [0.25, 0.3) is 0 Å². The highest BCUT2D eigenvalue weighted by Crippen LogP contribution is 2.28. The van der Waals surface area contributed by atoms with E-state index in [9.17, 15) is 0 Å². The first-order valence-corrected chi connectivity index (χ1v) is 7.69. The molecule has 3 aromatic rings. The van der Waals surface area contributed by atoms with Crippen LogP contribution in [-0.2, 0) is 6.54 Å². The quantitative estimate of drug-likeness (QED) is 0.569. The molecule has 0 bridgehead atoms. The number of hydrogen-bond acceptors (Lipinski definition) is 0. The molecule has 1 nitrogen and oxygen atoms in total. The normalized spacial score (nSPS) is 10.7. The van der Waals surface area contributed by atoms with Crippen LogP contribution in [0.4, 0.5) is 0 Å². The van der Waals surface area contributed by atoms with Crippen molar-refractivity contribution < 1.29 is 0 Å². The molecule has 0 amide bonds. The van der Waals surface area contributed by atoms with Gasteiger partial charge in [-0.3, -0.25) is 0 Å². The second-order valence-electron chi connectivity index (χ2n) is 5.39. The molecule has 0 aliphatic carbocycles. The van der Waals surface area contributed by atoms with Gasteiger partial charge in [-0.2, -0.15) is 0 Å². The van der Waals surface area contributed by atoms with E-state index in [4.69, 9.17) is 0 Å². The fourth-order valence-electron chi connectivity index (χ4n) is 2.66. The van der Waals surface area contributed by atoms with Crippen LogP contribution < -0.4 is 0 Å². The molecule has 0 aliphatic heterocycles. The minimum atomic E-state index is 1.08. The molecule has 0 spiro atoms. The zero-order valence-electron chi connectivity index (χ0n) is 12.5. The molecule has 2 aromatic carbocycles. The summed E-state index contributed by atoms with van der Waals surface area (Å²) < 4.78 is 2.39. The SMILES string of the molecule is CCCCn1cc(-c2ccccc2)cc1-c1ccccc1. The molecule has 1 aromatic heterocycles. The number of nitrogens with zero attached hydrogens (tertiary/aromatic N) is 1. The number of rotatable bonds is 5. The first-order valence-electron chi connectivity index (χ1n) is 7.69. The number of unbranched alkanes of at least 4 members (excludes halogenated alkanes) is 1. The summed E-state index contributed by atoms with van der Waals surface area (Å²) in [4.78, 5) is 0. The van der Waals surface area contributed by atoms with Gasteiger partial charge < -0.3 is 4.57 Å². The summed E-state index contributed by atoms with van der Waals surface area (Å²) in [6.07, 6.45) is 4.71. The maximum atomic E-state index is 2.39. The van der Waals surface area contributed by atoms with E-state index in [1.165, 1.54) is 35.2 Å². The molecule has 0 saturated carbocycles. The average Bonchev–Trinajstić information content (AvgIpc) is 2.99. The van der Waals surface area contributed by atoms with Crippen molar-refractivity contribution in [1.82, 2.24) is 4.57 Å². The summed E-state index contributed by atoms with van der Waals surface area (Å²) in [5.74, 6) is 0. The van der Waals surface area contributed by atoms with Gasteiger partial charge in [-0.05, 0) is 29.2 Å². The number of aromatic nitrogens is 1. The van der Waals surface area contributed by atoms with E-state index in [0.717, 1.165) is 6.54 Å². The van der Waals surface area contributed by atoms with Crippen LogP contribution in [0.1, 0.15) is 19.8 Å². The third kappa shape index (κ3) is 3.08. The Morgan fingerprint density at radius 1 is 0.762 bits per heavy atom. The number of hydrogen-bond donors (Lipinski definition) is 0. The van der Waals surface area contributed by atoms with Crippen LogP contribution >= 0.6 is 0 Å². The van der Waals surface area contributed by atoms with Crippen molar-refractivity contribution in [2.24, 2.45) is 0 Å². The maximum absolute atomic E-state index is 2.39. The highest BCUT2D eigenvalue weighted by molar-refractivity contribution is 5.72. The summed E-state index contributed by atoms with van der Waals surface area (Å²) in [6.45, 7) is 3.32. The van der Waals surface area contributed by atoms with Gasteiger partial charge >= 0.3 is 0 Å². The molecule has 0 atom stereocenters. The second-order valence-corrected chi connectivity index (χ2v) is 5.39. The minimum Gasteiger partial charge on any atom is -0.347 e. The zero-order chi connectivity index (χ0) is 14.5. The van der Waals surface area contributed by atoms with Gasteiger partial charge in [0, 0.05) is 18.4 Å². The van der Waals surface area contributed by atoms with Crippen molar-refractivity contribution in [2.75, 3.05) is 0 Å². The molecular weight excluding hydrogens is 254 g/mol. The Labute approximate surface area is 126 Å². The van der Waals surface area contributed by atoms with Crippen molar-refractivity contribution in [3.05, 3.63) is 72.9 Å². The molecule has 0 unspecified atom stereocenters. The molecule has 0 radical (unpaired) electrons. The summed E-state index contributed by atoms with van der Waals surface area (Å²) in [6, 6.07) is 23.6. The Bertz CT molecular complexity index is 680. The number of aryl methyl sites for hydroxylation is 1. The smallest absolute Gasteiger partial charge is 0.0486 e. The van der Waals surface area contributed by atoms with Crippen molar-refractivity contribution in [3.8, 4) is 22.4 Å². The second kappa shape index (κ2) is 6.45. The van der Waals surface area contributed by atoms with Crippen LogP contribution in [0.2, 0.25) is 0 Å². The maximum Gasteiger partial charge on any atom is 0.0486 e. The van der Waals surface area contributed by atoms with Gasteiger partial charge in [-0.15, -0.1) is 0 Å². The van der Waals surface area contributed by atoms with Gasteiger partial charge in [0.05, 0.1) is 0 Å². The Kier molecular flexibility index (Phi) is 4.20. The lowest BCUT2D eigenvalue weighted by Crippen LogP contribution is -1.97. The Morgan fingerprint density at radius 2 is 1.38 bits per heavy atom. The molecule has 21 heavy (non-hydrogen) atoms. The topological polar surface area (TPSA) is 4.93 Å². The lowest BCUT2D eigenvalue weighted by atomic mass is 10.1. The van der Waals surface area contributed by atoms with Crippen LogP contribution in [0.3, 0.4) is 0 Å². The van der Waals surface area contributed by atoms with Gasteiger partial charge in [0.15, 0.2) is 0 Å². The fourth-order valence-corrected chi connectivity index (χ4v) is 2.66. The molecule has 1 heteroatoms. The van der Waals surface area contributed by atoms with E-state index in [1.54, 1.807) is 0 Å². The molecule has 0 N–H and O–H groups in total. The molecule has 3 rings (SSSR count). The summed E-state index contributed by atoms with van der Waals surface area (Å²) in [7, 11) is 0. The monoisotopic (exact) mass is 275 g/mol. The predicted octanol–water partition coefficient (Wildman–Crippen LogP) is 5.62. The minimum absolute atomic E-state index is 1.08. The van der Waals surface area contributed by atoms with E-state index < -0.39 is 0 Å². The van der Waals surface area contributed by atoms with Gasteiger partial charge in [-0.1, -0.05) is 74.0 Å². The molecule has 0 saturated heterocycles. The Morgan fingerprint density at radius 3 is 2.00 bits per heavy atom. The Balaban J connectivity index is 2.03. The van der Waals surface area contributed by atoms with Crippen molar-refractivity contribution in [3.63, 3.8) is 0 Å². The highest BCUT2D eigenvalue weighted by Gasteiger charge is 2.08. The van der Waals surface area contributed by atoms with Crippen LogP contribution in [0, 0.1) is 0 Å². The van der Waals surface area contributed by atoms with Gasteiger partial charge in [0.1, 0.15) is 0 Å². The summed E-state index contributed by atoms with van der Waals surface area (Å²) in [5, 5.41) is 0. The van der Waals surface area contributed by atoms with Crippen LogP contribution in [0.25, 0.3) is 22.4 Å². The first-order chi connectivity index (χ1) is 10.4. The van der Waals surface area contributed by atoms with E-state index in [-0.39, 0.29) is 0 Å². The Hall–Kier alpha value is -2.28. The highest BCUT2D eigenvalue weighted by atomic mass is 15.0. The largest absolute Gasteiger partial charge is 0.347 e. The molecule has 0 fully saturated rings. The van der Waals surface area contributed by atoms with E-state index >= 15 is 0 Å². The lowest BCUT2D eigenvalue weighted by Gasteiger charge is -2.08. The third-order valence-corrected chi connectivity index (χ3v) is 3.83. The molecule has 106 valence electrons. The summed E-state index contributed by atoms with van der Waals surface area (Å²) in [5.41, 5.74) is 5.18. The fraction of sp³-hybridized carbons (Fsp3) is 0.200.